The Balaban J connectivity index is 0.000000350. The van der Waals surface area contributed by atoms with E-state index in [-0.39, 0.29) is 17.7 Å². The normalized spacial score (nSPS) is 13.0. The number of esters is 1. The molecular weight excluding hydrogens is 476 g/mol. The number of amides is 3. The summed E-state index contributed by atoms with van der Waals surface area (Å²) in [7, 11) is 1.48. The summed E-state index contributed by atoms with van der Waals surface area (Å²) in [6.07, 6.45) is 0.703. The van der Waals surface area contributed by atoms with Gasteiger partial charge in [0.15, 0.2) is 11.5 Å². The van der Waals surface area contributed by atoms with Crippen LogP contribution in [0.15, 0.2) is 16.6 Å². The van der Waals surface area contributed by atoms with Gasteiger partial charge in [-0.05, 0) is 17.7 Å². The fourth-order valence-electron chi connectivity index (χ4n) is 1.88. The highest BCUT2D eigenvalue weighted by Gasteiger charge is 2.26. The number of halogens is 2. The molecule has 0 saturated carbocycles. The van der Waals surface area contributed by atoms with Gasteiger partial charge in [0.2, 0.25) is 17.7 Å². The molecule has 1 saturated heterocycles. The second kappa shape index (κ2) is 10.3. The third kappa shape index (κ3) is 6.75. The molecule has 1 aromatic carbocycles. The molecule has 1 heterocycles. The van der Waals surface area contributed by atoms with E-state index in [9.17, 15) is 19.2 Å². The maximum Gasteiger partial charge on any atom is 0.308 e. The van der Waals surface area contributed by atoms with E-state index >= 15 is 0 Å². The van der Waals surface area contributed by atoms with Crippen LogP contribution in [0, 0.1) is 0 Å². The molecule has 8 nitrogen and oxygen atoms in total. The van der Waals surface area contributed by atoms with Gasteiger partial charge in [0.25, 0.3) is 0 Å². The van der Waals surface area contributed by atoms with E-state index in [0.29, 0.717) is 30.9 Å². The summed E-state index contributed by atoms with van der Waals surface area (Å²) in [6, 6.07) is 3.34. The highest BCUT2D eigenvalue weighted by molar-refractivity contribution is 9.10. The van der Waals surface area contributed by atoms with Gasteiger partial charge >= 0.3 is 5.97 Å². The minimum Gasteiger partial charge on any atom is -0.493 e. The highest BCUT2D eigenvalue weighted by atomic mass is 79.9. The monoisotopic (exact) mass is 492 g/mol. The number of carbonyl (C=O) groups is 4. The Hall–Kier alpha value is -1.94. The molecule has 3 amide bonds. The Bertz CT molecular complexity index is 707. The van der Waals surface area contributed by atoms with Gasteiger partial charge < -0.3 is 14.8 Å². The molecule has 10 heteroatoms. The van der Waals surface area contributed by atoms with Crippen LogP contribution in [-0.2, 0) is 25.7 Å². The van der Waals surface area contributed by atoms with Crippen LogP contribution < -0.4 is 14.8 Å². The zero-order valence-corrected chi connectivity index (χ0v) is 17.6. The minimum absolute atomic E-state index is 0.120. The van der Waals surface area contributed by atoms with E-state index in [1.54, 1.807) is 12.1 Å². The number of methoxy groups -OCH3 is 1. The van der Waals surface area contributed by atoms with Crippen LogP contribution >= 0.6 is 32.1 Å². The second-order valence-corrected chi connectivity index (χ2v) is 6.73. The lowest BCUT2D eigenvalue weighted by molar-refractivity contribution is -0.132. The molecular formula is C16H18Br2N2O6. The van der Waals surface area contributed by atoms with Crippen LogP contribution in [0.4, 0.5) is 0 Å². The first-order valence-corrected chi connectivity index (χ1v) is 8.96. The minimum atomic E-state index is -0.421. The van der Waals surface area contributed by atoms with Crippen molar-refractivity contribution in [2.75, 3.05) is 7.11 Å². The van der Waals surface area contributed by atoms with Crippen LogP contribution in [0.2, 0.25) is 0 Å². The van der Waals surface area contributed by atoms with E-state index < -0.39 is 5.97 Å². The number of nitrogens with zero attached hydrogens (tertiary/aromatic N) is 1. The Labute approximate surface area is 167 Å². The standard InChI is InChI=1S/C12H14BrNO4.C4H4BrNO2/c1-7(15)14-6-9-4-11(17-3)12(5-10(9)13)18-8(2)16;5-6-3(7)1-2-4(6)8/h4-5H,6H2,1-3H3,(H,14,15);1-2H2. The van der Waals surface area contributed by atoms with E-state index in [4.69, 9.17) is 9.47 Å². The predicted octanol–water partition coefficient (Wildman–Crippen LogP) is 2.46. The van der Waals surface area contributed by atoms with Gasteiger partial charge in [-0.25, -0.2) is 3.93 Å². The molecule has 1 aromatic rings. The number of imide groups is 1. The molecule has 1 aliphatic rings. The molecule has 0 bridgehead atoms. The molecule has 0 aromatic heterocycles. The Morgan fingerprint density at radius 2 is 1.73 bits per heavy atom. The second-order valence-electron chi connectivity index (χ2n) is 5.17. The van der Waals surface area contributed by atoms with Gasteiger partial charge in [-0.1, -0.05) is 15.9 Å². The van der Waals surface area contributed by atoms with E-state index in [1.807, 2.05) is 0 Å². The summed E-state index contributed by atoms with van der Waals surface area (Å²) in [5.41, 5.74) is 0.831. The number of rotatable bonds is 4. The van der Waals surface area contributed by atoms with Gasteiger partial charge in [0.05, 0.1) is 23.3 Å². The lowest BCUT2D eigenvalue weighted by Crippen LogP contribution is -2.19. The summed E-state index contributed by atoms with van der Waals surface area (Å²) in [5.74, 6) is -0.0538. The Morgan fingerprint density at radius 1 is 1.15 bits per heavy atom. The van der Waals surface area contributed by atoms with Crippen molar-refractivity contribution in [1.82, 2.24) is 9.24 Å². The SMILES string of the molecule is COc1cc(CNC(C)=O)c(Br)cc1OC(C)=O.O=C1CCC(=O)N1Br. The number of nitrogens with one attached hydrogen (secondary N) is 1. The summed E-state index contributed by atoms with van der Waals surface area (Å²) in [5, 5.41) is 2.68. The molecule has 1 fully saturated rings. The third-order valence-electron chi connectivity index (χ3n) is 3.10. The zero-order chi connectivity index (χ0) is 19.9. The zero-order valence-electron chi connectivity index (χ0n) is 14.4. The van der Waals surface area contributed by atoms with Crippen LogP contribution in [0.5, 0.6) is 11.5 Å². The quantitative estimate of drug-likeness (QED) is 0.299. The average Bonchev–Trinajstić information content (AvgIpc) is 2.85. The van der Waals surface area contributed by atoms with Crippen molar-refractivity contribution >= 4 is 55.8 Å². The highest BCUT2D eigenvalue weighted by Crippen LogP contribution is 2.33. The molecule has 26 heavy (non-hydrogen) atoms. The van der Waals surface area contributed by atoms with Crippen molar-refractivity contribution in [2.45, 2.75) is 33.2 Å². The predicted molar refractivity (Wildman–Crippen MR) is 99.5 cm³/mol. The smallest absolute Gasteiger partial charge is 0.308 e. The Morgan fingerprint density at radius 3 is 2.12 bits per heavy atom. The van der Waals surface area contributed by atoms with Crippen LogP contribution in [0.1, 0.15) is 32.3 Å². The summed E-state index contributed by atoms with van der Waals surface area (Å²) in [6.45, 7) is 3.13. The Kier molecular flexibility index (Phi) is 8.73. The molecule has 1 N–H and O–H groups in total. The number of carbonyl (C=O) groups excluding carboxylic acids is 4. The van der Waals surface area contributed by atoms with Crippen LogP contribution in [-0.4, -0.2) is 34.7 Å². The van der Waals surface area contributed by atoms with Crippen molar-refractivity contribution in [3.05, 3.63) is 22.2 Å². The molecule has 1 aliphatic heterocycles. The first-order chi connectivity index (χ1) is 12.1. The van der Waals surface area contributed by atoms with Crippen molar-refractivity contribution in [1.29, 1.82) is 0 Å². The number of benzene rings is 1. The summed E-state index contributed by atoms with van der Waals surface area (Å²) < 4.78 is 11.9. The van der Waals surface area contributed by atoms with Gasteiger partial charge in [0, 0.05) is 37.7 Å². The lowest BCUT2D eigenvalue weighted by Gasteiger charge is -2.12. The summed E-state index contributed by atoms with van der Waals surface area (Å²) >= 11 is 6.16. The van der Waals surface area contributed by atoms with E-state index in [1.165, 1.54) is 21.0 Å². The van der Waals surface area contributed by atoms with Gasteiger partial charge in [-0.15, -0.1) is 0 Å². The molecule has 0 unspecified atom stereocenters. The van der Waals surface area contributed by atoms with Crippen LogP contribution in [0.25, 0.3) is 0 Å². The van der Waals surface area contributed by atoms with Gasteiger partial charge in [-0.3, -0.25) is 19.2 Å². The molecule has 0 spiro atoms. The topological polar surface area (TPSA) is 102 Å². The molecule has 2 rings (SSSR count). The molecule has 142 valence electrons. The molecule has 0 aliphatic carbocycles. The molecule has 0 radical (unpaired) electrons. The first kappa shape index (κ1) is 22.1. The maximum atomic E-state index is 10.9. The van der Waals surface area contributed by atoms with Crippen molar-refractivity contribution in [2.24, 2.45) is 0 Å². The lowest BCUT2D eigenvalue weighted by atomic mass is 10.2. The largest absolute Gasteiger partial charge is 0.493 e. The van der Waals surface area contributed by atoms with Crippen molar-refractivity contribution in [3.8, 4) is 11.5 Å². The first-order valence-electron chi connectivity index (χ1n) is 7.46. The van der Waals surface area contributed by atoms with Gasteiger partial charge in [0.1, 0.15) is 0 Å². The summed E-state index contributed by atoms with van der Waals surface area (Å²) in [4.78, 5) is 42.7. The number of hydrogen-bond acceptors (Lipinski definition) is 6. The fourth-order valence-corrected chi connectivity index (χ4v) is 2.69. The van der Waals surface area contributed by atoms with Gasteiger partial charge in [-0.2, -0.15) is 0 Å². The average molecular weight is 494 g/mol. The van der Waals surface area contributed by atoms with E-state index in [0.717, 1.165) is 14.0 Å². The fraction of sp³-hybridized carbons (Fsp3) is 0.375. The maximum absolute atomic E-state index is 10.9. The van der Waals surface area contributed by atoms with E-state index in [2.05, 4.69) is 37.4 Å². The van der Waals surface area contributed by atoms with Crippen molar-refractivity contribution in [3.63, 3.8) is 0 Å². The van der Waals surface area contributed by atoms with Crippen LogP contribution in [0.3, 0.4) is 0 Å². The molecule has 0 atom stereocenters. The van der Waals surface area contributed by atoms with Crippen molar-refractivity contribution < 1.29 is 28.7 Å². The third-order valence-corrected chi connectivity index (χ3v) is 4.63. The number of hydrogen-bond donors (Lipinski definition) is 1. The number of ether oxygens (including phenoxy) is 2.